The van der Waals surface area contributed by atoms with E-state index in [-0.39, 0.29) is 24.8 Å². The third kappa shape index (κ3) is 5.16. The zero-order valence-electron chi connectivity index (χ0n) is 10.7. The van der Waals surface area contributed by atoms with E-state index >= 15 is 0 Å². The molecule has 102 valence electrons. The van der Waals surface area contributed by atoms with Gasteiger partial charge in [0, 0.05) is 18.9 Å². The lowest BCUT2D eigenvalue weighted by atomic mass is 10.0. The standard InChI is InChI=1S/C12H20N2O4/c1-3-8-6-9(8)13-12(18)14-10(15)4-7(2)5-11(16)17/h7-9H,3-6H2,1-2H3,(H,16,17)(H2,13,14,15,18). The van der Waals surface area contributed by atoms with Gasteiger partial charge >= 0.3 is 12.0 Å². The van der Waals surface area contributed by atoms with Crippen LogP contribution in [0.5, 0.6) is 0 Å². The fourth-order valence-electron chi connectivity index (χ4n) is 1.94. The Morgan fingerprint density at radius 1 is 1.33 bits per heavy atom. The summed E-state index contributed by atoms with van der Waals surface area (Å²) in [6.07, 6.45) is 1.96. The molecule has 1 aliphatic carbocycles. The average molecular weight is 256 g/mol. The van der Waals surface area contributed by atoms with Gasteiger partial charge in [-0.2, -0.15) is 0 Å². The summed E-state index contributed by atoms with van der Waals surface area (Å²) in [7, 11) is 0. The van der Waals surface area contributed by atoms with Crippen LogP contribution in [0.1, 0.15) is 39.5 Å². The fourth-order valence-corrected chi connectivity index (χ4v) is 1.94. The molecule has 1 rings (SSSR count). The van der Waals surface area contributed by atoms with Gasteiger partial charge in [0.15, 0.2) is 0 Å². The third-order valence-corrected chi connectivity index (χ3v) is 3.07. The first-order chi connectivity index (χ1) is 8.42. The molecule has 18 heavy (non-hydrogen) atoms. The summed E-state index contributed by atoms with van der Waals surface area (Å²) in [6, 6.07) is -0.303. The van der Waals surface area contributed by atoms with Gasteiger partial charge in [0.25, 0.3) is 0 Å². The Balaban J connectivity index is 2.19. The van der Waals surface area contributed by atoms with Crippen molar-refractivity contribution in [1.82, 2.24) is 10.6 Å². The first kappa shape index (κ1) is 14.5. The number of carbonyl (C=O) groups excluding carboxylic acids is 2. The molecule has 6 nitrogen and oxygen atoms in total. The minimum Gasteiger partial charge on any atom is -0.481 e. The molecule has 0 bridgehead atoms. The highest BCUT2D eigenvalue weighted by molar-refractivity contribution is 5.94. The predicted octanol–water partition coefficient (Wildman–Crippen LogP) is 1.11. The average Bonchev–Trinajstić information content (AvgIpc) is 2.93. The van der Waals surface area contributed by atoms with Gasteiger partial charge in [-0.3, -0.25) is 14.9 Å². The van der Waals surface area contributed by atoms with Gasteiger partial charge in [0.05, 0.1) is 0 Å². The molecule has 0 aromatic heterocycles. The van der Waals surface area contributed by atoms with Crippen LogP contribution in [0.15, 0.2) is 0 Å². The van der Waals surface area contributed by atoms with Crippen molar-refractivity contribution in [2.24, 2.45) is 11.8 Å². The summed E-state index contributed by atoms with van der Waals surface area (Å²) >= 11 is 0. The van der Waals surface area contributed by atoms with Crippen molar-refractivity contribution in [3.63, 3.8) is 0 Å². The highest BCUT2D eigenvalue weighted by Gasteiger charge is 2.36. The molecule has 6 heteroatoms. The van der Waals surface area contributed by atoms with Crippen molar-refractivity contribution in [2.75, 3.05) is 0 Å². The second-order valence-electron chi connectivity index (χ2n) is 4.94. The summed E-state index contributed by atoms with van der Waals surface area (Å²) < 4.78 is 0. The lowest BCUT2D eigenvalue weighted by molar-refractivity contribution is -0.138. The maximum absolute atomic E-state index is 11.4. The lowest BCUT2D eigenvalue weighted by Gasteiger charge is -2.09. The number of carbonyl (C=O) groups is 3. The highest BCUT2D eigenvalue weighted by Crippen LogP contribution is 2.32. The minimum atomic E-state index is -0.941. The largest absolute Gasteiger partial charge is 0.481 e. The van der Waals surface area contributed by atoms with E-state index in [0.717, 1.165) is 12.8 Å². The van der Waals surface area contributed by atoms with Crippen molar-refractivity contribution in [2.45, 2.75) is 45.6 Å². The molecule has 1 aliphatic rings. The van der Waals surface area contributed by atoms with Crippen molar-refractivity contribution in [3.8, 4) is 0 Å². The number of urea groups is 1. The van der Waals surface area contributed by atoms with Crippen LogP contribution in [0.3, 0.4) is 0 Å². The van der Waals surface area contributed by atoms with E-state index in [2.05, 4.69) is 17.6 Å². The van der Waals surface area contributed by atoms with Crippen molar-refractivity contribution in [3.05, 3.63) is 0 Å². The zero-order chi connectivity index (χ0) is 13.7. The fraction of sp³-hybridized carbons (Fsp3) is 0.750. The number of rotatable bonds is 6. The van der Waals surface area contributed by atoms with Gasteiger partial charge in [-0.15, -0.1) is 0 Å². The molecular weight excluding hydrogens is 236 g/mol. The van der Waals surface area contributed by atoms with E-state index < -0.39 is 17.9 Å². The second-order valence-corrected chi connectivity index (χ2v) is 4.94. The number of carboxylic acids is 1. The molecule has 0 aromatic rings. The Hall–Kier alpha value is -1.59. The van der Waals surface area contributed by atoms with Crippen LogP contribution in [0.25, 0.3) is 0 Å². The number of carboxylic acid groups (broad SMARTS) is 1. The summed E-state index contributed by atoms with van der Waals surface area (Å²) in [4.78, 5) is 33.3. The van der Waals surface area contributed by atoms with E-state index in [0.29, 0.717) is 5.92 Å². The first-order valence-corrected chi connectivity index (χ1v) is 6.24. The molecule has 3 N–H and O–H groups in total. The molecule has 1 saturated carbocycles. The van der Waals surface area contributed by atoms with Crippen LogP contribution in [-0.2, 0) is 9.59 Å². The van der Waals surface area contributed by atoms with Crippen LogP contribution in [0.2, 0.25) is 0 Å². The number of nitrogens with one attached hydrogen (secondary N) is 2. The Kier molecular flexibility index (Phi) is 5.12. The number of hydrogen-bond donors (Lipinski definition) is 3. The molecule has 0 saturated heterocycles. The maximum Gasteiger partial charge on any atom is 0.321 e. The van der Waals surface area contributed by atoms with E-state index in [1.165, 1.54) is 0 Å². The molecule has 3 unspecified atom stereocenters. The number of amides is 3. The summed E-state index contributed by atoms with van der Waals surface area (Å²) in [6.45, 7) is 3.72. The summed E-state index contributed by atoms with van der Waals surface area (Å²) in [5.74, 6) is -1.13. The second kappa shape index (κ2) is 6.37. The first-order valence-electron chi connectivity index (χ1n) is 6.24. The van der Waals surface area contributed by atoms with E-state index in [9.17, 15) is 14.4 Å². The van der Waals surface area contributed by atoms with Gasteiger partial charge in [0.1, 0.15) is 0 Å². The molecule has 0 radical (unpaired) electrons. The number of imide groups is 1. The Morgan fingerprint density at radius 2 is 2.00 bits per heavy atom. The van der Waals surface area contributed by atoms with Gasteiger partial charge in [-0.1, -0.05) is 20.3 Å². The highest BCUT2D eigenvalue weighted by atomic mass is 16.4. The SMILES string of the molecule is CCC1CC1NC(=O)NC(=O)CC(C)CC(=O)O. The third-order valence-electron chi connectivity index (χ3n) is 3.07. The van der Waals surface area contributed by atoms with Crippen molar-refractivity contribution < 1.29 is 19.5 Å². The van der Waals surface area contributed by atoms with Crippen LogP contribution in [0.4, 0.5) is 4.79 Å². The number of aliphatic carboxylic acids is 1. The van der Waals surface area contributed by atoms with Crippen LogP contribution >= 0.6 is 0 Å². The van der Waals surface area contributed by atoms with E-state index in [1.54, 1.807) is 6.92 Å². The van der Waals surface area contributed by atoms with Crippen LogP contribution in [0, 0.1) is 11.8 Å². The topological polar surface area (TPSA) is 95.5 Å². The summed E-state index contributed by atoms with van der Waals surface area (Å²) in [5.41, 5.74) is 0. The molecule has 0 spiro atoms. The van der Waals surface area contributed by atoms with Crippen LogP contribution < -0.4 is 10.6 Å². The van der Waals surface area contributed by atoms with Gasteiger partial charge in [-0.25, -0.2) is 4.79 Å². The molecule has 0 heterocycles. The van der Waals surface area contributed by atoms with Crippen molar-refractivity contribution >= 4 is 17.9 Å². The predicted molar refractivity (Wildman–Crippen MR) is 64.9 cm³/mol. The summed E-state index contributed by atoms with van der Waals surface area (Å²) in [5, 5.41) is 13.5. The van der Waals surface area contributed by atoms with E-state index in [1.807, 2.05) is 0 Å². The molecule has 0 aliphatic heterocycles. The Morgan fingerprint density at radius 3 is 2.50 bits per heavy atom. The van der Waals surface area contributed by atoms with E-state index in [4.69, 9.17) is 5.11 Å². The quantitative estimate of drug-likeness (QED) is 0.663. The normalized spacial score (nSPS) is 23.0. The lowest BCUT2D eigenvalue weighted by Crippen LogP contribution is -2.41. The molecular formula is C12H20N2O4. The molecule has 3 amide bonds. The van der Waals surface area contributed by atoms with Gasteiger partial charge in [-0.05, 0) is 18.3 Å². The maximum atomic E-state index is 11.4. The Labute approximate surface area is 106 Å². The smallest absolute Gasteiger partial charge is 0.321 e. The minimum absolute atomic E-state index is 0.0432. The van der Waals surface area contributed by atoms with Crippen molar-refractivity contribution in [1.29, 1.82) is 0 Å². The molecule has 1 fully saturated rings. The Bertz CT molecular complexity index is 343. The number of hydrogen-bond acceptors (Lipinski definition) is 3. The van der Waals surface area contributed by atoms with Crippen LogP contribution in [-0.4, -0.2) is 29.1 Å². The van der Waals surface area contributed by atoms with Gasteiger partial charge < -0.3 is 10.4 Å². The molecule has 0 aromatic carbocycles. The zero-order valence-corrected chi connectivity index (χ0v) is 10.7. The molecule has 3 atom stereocenters. The van der Waals surface area contributed by atoms with Gasteiger partial charge in [0.2, 0.25) is 5.91 Å². The monoisotopic (exact) mass is 256 g/mol.